The first kappa shape index (κ1) is 116. The largest absolute Gasteiger partial charge is 0.512 e. The Labute approximate surface area is 858 Å². The van der Waals surface area contributed by atoms with Crippen LogP contribution in [0.3, 0.4) is 0 Å². The minimum Gasteiger partial charge on any atom is -0.512 e. The summed E-state index contributed by atoms with van der Waals surface area (Å²) < 4.78 is 1.26. The summed E-state index contributed by atoms with van der Waals surface area (Å²) >= 11 is 1.73. The van der Waals surface area contributed by atoms with Gasteiger partial charge in [-0.05, 0) is 159 Å². The number of ketones is 5. The molecule has 17 rings (SSSR count). The summed E-state index contributed by atoms with van der Waals surface area (Å²) in [5, 5.41) is 47.8. The van der Waals surface area contributed by atoms with E-state index < -0.39 is 0 Å². The molecule has 0 amide bonds. The van der Waals surface area contributed by atoms with Crippen molar-refractivity contribution in [3.63, 3.8) is 0 Å². The summed E-state index contributed by atoms with van der Waals surface area (Å²) in [6.07, 6.45) is 11.3. The van der Waals surface area contributed by atoms with Crippen LogP contribution < -0.4 is 0 Å². The molecule has 134 heavy (non-hydrogen) atoms. The van der Waals surface area contributed by atoms with Crippen molar-refractivity contribution in [3.8, 4) is 77.9 Å². The number of aromatic nitrogens is 5. The van der Waals surface area contributed by atoms with Gasteiger partial charge in [-0.25, -0.2) is 11.3 Å². The first-order valence-corrected chi connectivity index (χ1v) is 42.4. The number of para-hydroxylation sites is 2. The minimum absolute atomic E-state index is 0. The summed E-state index contributed by atoms with van der Waals surface area (Å²) in [7, 11) is 0. The third-order valence-corrected chi connectivity index (χ3v) is 20.0. The van der Waals surface area contributed by atoms with E-state index in [1.165, 1.54) is 181 Å². The van der Waals surface area contributed by atoms with E-state index >= 15 is 0 Å². The minimum atomic E-state index is -0.125. The Balaban J connectivity index is 0.000000395. The number of allylic oxidation sites excluding steroid dienone is 10. The predicted molar refractivity (Wildman–Crippen MR) is 528 cm³/mol. The zero-order valence-corrected chi connectivity index (χ0v) is 90.0. The Kier molecular flexibility index (Phi) is 51.0. The summed E-state index contributed by atoms with van der Waals surface area (Å²) in [5.41, 5.74) is 23.9. The predicted octanol–water partition coefficient (Wildman–Crippen LogP) is 27.8. The molecule has 699 valence electrons. The van der Waals surface area contributed by atoms with Gasteiger partial charge in [0.1, 0.15) is 0 Å². The second-order valence-corrected chi connectivity index (χ2v) is 31.8. The Hall–Kier alpha value is -12.0. The molecule has 0 spiro atoms. The molecule has 0 saturated carbocycles. The average molecular weight is 2690 g/mol. The second-order valence-electron chi connectivity index (χ2n) is 30.7. The summed E-state index contributed by atoms with van der Waals surface area (Å²) in [5.74, 6) is -0.312. The van der Waals surface area contributed by atoms with Crippen molar-refractivity contribution in [2.24, 2.45) is 0 Å². The maximum absolute atomic E-state index is 10.0. The molecular formula is C113H106Ir5N5O10S-5. The van der Waals surface area contributed by atoms with Crippen LogP contribution in [0.5, 0.6) is 0 Å². The molecule has 15 nitrogen and oxygen atoms in total. The van der Waals surface area contributed by atoms with Gasteiger partial charge in [-0.3, -0.25) is 33.9 Å². The van der Waals surface area contributed by atoms with Crippen molar-refractivity contribution < 1.29 is 150 Å². The zero-order valence-electron chi connectivity index (χ0n) is 77.2. The number of thiophene rings is 1. The number of carbonyl (C=O) groups is 5. The first-order valence-electron chi connectivity index (χ1n) is 41.6. The summed E-state index contributed by atoms with van der Waals surface area (Å²) in [6.45, 7) is 27.2. The van der Waals surface area contributed by atoms with Gasteiger partial charge in [0.05, 0.1) is 39.8 Å². The van der Waals surface area contributed by atoms with E-state index in [1.54, 1.807) is 11.3 Å². The smallest absolute Gasteiger partial charge is 0.155 e. The number of nitrogens with zero attached hydrogens (tertiary/aromatic N) is 5. The number of carbonyl (C=O) groups excluding carboxylic acids is 5. The number of rotatable bonds is 11. The van der Waals surface area contributed by atoms with Gasteiger partial charge in [0.15, 0.2) is 28.9 Å². The molecule has 0 unspecified atom stereocenters. The molecule has 5 radical (unpaired) electrons. The quantitative estimate of drug-likeness (QED) is 0.0459. The second kappa shape index (κ2) is 58.9. The Morgan fingerprint density at radius 3 is 1.36 bits per heavy atom. The third kappa shape index (κ3) is 37.8. The molecule has 0 aliphatic heterocycles. The van der Waals surface area contributed by atoms with E-state index in [2.05, 4.69) is 251 Å². The normalized spacial score (nSPS) is 11.1. The van der Waals surface area contributed by atoms with E-state index in [0.717, 1.165) is 72.2 Å². The van der Waals surface area contributed by atoms with Crippen LogP contribution in [0.15, 0.2) is 351 Å². The van der Waals surface area contributed by atoms with E-state index in [1.807, 2.05) is 128 Å². The van der Waals surface area contributed by atoms with Crippen LogP contribution in [-0.4, -0.2) is 79.4 Å². The van der Waals surface area contributed by atoms with Crippen LogP contribution in [0.25, 0.3) is 121 Å². The monoisotopic (exact) mass is 2690 g/mol. The third-order valence-electron chi connectivity index (χ3n) is 18.9. The topological polar surface area (TPSA) is 251 Å². The molecule has 21 heteroatoms. The van der Waals surface area contributed by atoms with Gasteiger partial charge >= 0.3 is 0 Å². The van der Waals surface area contributed by atoms with Crippen molar-refractivity contribution in [2.75, 3.05) is 0 Å². The maximum atomic E-state index is 10.0. The fourth-order valence-corrected chi connectivity index (χ4v) is 14.4. The molecule has 1 aliphatic rings. The number of aliphatic hydroxyl groups excluding tert-OH is 5. The van der Waals surface area contributed by atoms with Crippen LogP contribution in [0, 0.1) is 58.0 Å². The standard InChI is InChI=1S/C23H18N.C20H16N.C17H14N.C15H10N.C13H8NS.5C5H8O2.5Ir/c1-16-12-13-19(14-17(16)2)23-15-21(18-8-4-3-5-9-18)20-10-6-7-11-22(20)24-23;1-20(2)17-8-4-3-7-15(17)16-11-10-14(13-18(16)20)19-9-5-6-12-21-19;1-12-9-13(2)11-15(10-12)17-8-7-14-5-3-4-6-16(14)18-17;1-2-8-13-12(6-1)7-5-9-14(13)15-10-3-4-11-16-15;1-2-7-12-10(5-1)9-13(15-12)11-6-3-4-8-14-11;5*1-4(6)3-5(2)7;;;;;/h3-13,15H,1-2H3;3-9,11-13H,1-2H3;3-10H,1-2H3;1-8,10-11H;1-8H;5*3,6H,1-2H3;;;;;/q5*-1;;;;;;;;;;. The number of benzene rings is 10. The van der Waals surface area contributed by atoms with E-state index in [0.29, 0.717) is 0 Å². The summed E-state index contributed by atoms with van der Waals surface area (Å²) in [6, 6.07) is 110. The molecule has 1 aliphatic carbocycles. The van der Waals surface area contributed by atoms with E-state index in [4.69, 9.17) is 35.5 Å². The molecule has 5 N–H and O–H groups in total. The average Bonchev–Trinajstić information content (AvgIpc) is 1.58. The van der Waals surface area contributed by atoms with Gasteiger partial charge in [0, 0.05) is 161 Å². The number of hydrogen-bond donors (Lipinski definition) is 5. The van der Waals surface area contributed by atoms with Gasteiger partial charge < -0.3 is 40.5 Å². The van der Waals surface area contributed by atoms with E-state index in [-0.39, 0.29) is 164 Å². The van der Waals surface area contributed by atoms with Gasteiger partial charge in [-0.2, -0.15) is 0 Å². The van der Waals surface area contributed by atoms with Crippen LogP contribution in [0.2, 0.25) is 0 Å². The Morgan fingerprint density at radius 1 is 0.358 bits per heavy atom. The van der Waals surface area contributed by atoms with Crippen molar-refractivity contribution in [3.05, 3.63) is 414 Å². The number of hydrogen-bond acceptors (Lipinski definition) is 16. The van der Waals surface area contributed by atoms with Crippen molar-refractivity contribution in [1.29, 1.82) is 0 Å². The van der Waals surface area contributed by atoms with Gasteiger partial charge in [0.25, 0.3) is 0 Å². The van der Waals surface area contributed by atoms with Crippen LogP contribution in [-0.2, 0) is 130 Å². The molecule has 16 aromatic rings. The molecule has 6 aromatic heterocycles. The van der Waals surface area contributed by atoms with Crippen LogP contribution in [0.4, 0.5) is 0 Å². The fraction of sp³-hybridized carbons (Fsp3) is 0.150. The maximum Gasteiger partial charge on any atom is 0.155 e. The van der Waals surface area contributed by atoms with Gasteiger partial charge in [-0.1, -0.05) is 240 Å². The Bertz CT molecular complexity index is 6460. The number of aryl methyl sites for hydroxylation is 4. The molecule has 0 atom stereocenters. The molecular weight excluding hydrogens is 2580 g/mol. The number of fused-ring (bicyclic) bond motifs is 7. The van der Waals surface area contributed by atoms with E-state index in [9.17, 15) is 24.0 Å². The van der Waals surface area contributed by atoms with Crippen LogP contribution >= 0.6 is 11.3 Å². The number of pyridine rings is 5. The van der Waals surface area contributed by atoms with Crippen molar-refractivity contribution in [2.45, 2.75) is 116 Å². The molecule has 6 heterocycles. The SMILES string of the molecule is CC(=O)C=C(C)O.CC(=O)C=C(C)O.CC(=O)C=C(C)O.CC(=O)C=C(C)O.CC(=O)C=C(C)O.CC1(C)c2ccccc2-c2c[c-]c(-c3ccccn3)cc21.Cc1[c-]c(-c2cc(-c3ccccc3)c3ccccc3n2)ccc1C.Cc1[c-]c(-c2ccc3ccccc3n2)cc(C)c1.[Ir].[Ir].[Ir].[Ir].[Ir].[c-]1c(-c2ccccn2)sc2ccccc12.[c-]1ccc2ccccc2c1-c1ccccn1. The van der Waals surface area contributed by atoms with Gasteiger partial charge in [0.2, 0.25) is 0 Å². The summed E-state index contributed by atoms with van der Waals surface area (Å²) in [4.78, 5) is 73.9. The van der Waals surface area contributed by atoms with Crippen molar-refractivity contribution in [1.82, 2.24) is 24.9 Å². The first-order chi connectivity index (χ1) is 61.6. The zero-order chi connectivity index (χ0) is 93.7. The number of aliphatic hydroxyl groups is 5. The fourth-order valence-electron chi connectivity index (χ4n) is 13.4. The van der Waals surface area contributed by atoms with Gasteiger partial charge in [-0.15, -0.1) is 152 Å². The molecule has 0 bridgehead atoms. The van der Waals surface area contributed by atoms with Crippen molar-refractivity contribution >= 4 is 82.9 Å². The Morgan fingerprint density at radius 2 is 0.836 bits per heavy atom. The molecule has 0 saturated heterocycles. The molecule has 10 aromatic carbocycles. The molecule has 0 fully saturated rings. The van der Waals surface area contributed by atoms with Crippen LogP contribution in [0.1, 0.15) is 116 Å².